The smallest absolute Gasteiger partial charge is 0.173 e. The molecular formula is C13H19BrN2O2. The van der Waals surface area contributed by atoms with Crippen LogP contribution in [0.15, 0.2) is 27.8 Å². The van der Waals surface area contributed by atoms with E-state index in [1.165, 1.54) is 0 Å². The summed E-state index contributed by atoms with van der Waals surface area (Å²) < 4.78 is 6.75. The van der Waals surface area contributed by atoms with Gasteiger partial charge in [-0.05, 0) is 37.5 Å². The average Bonchev–Trinajstić information content (AvgIpc) is 2.27. The third-order valence-electron chi connectivity index (χ3n) is 2.46. The van der Waals surface area contributed by atoms with Gasteiger partial charge in [0.25, 0.3) is 0 Å². The molecule has 0 fully saturated rings. The molecule has 0 heterocycles. The first-order chi connectivity index (χ1) is 8.43. The minimum Gasteiger partial charge on any atom is -0.490 e. The largest absolute Gasteiger partial charge is 0.490 e. The molecule has 0 saturated carbocycles. The number of hydrogen-bond donors (Lipinski definition) is 2. The van der Waals surface area contributed by atoms with E-state index in [0.717, 1.165) is 10.9 Å². The molecule has 18 heavy (non-hydrogen) atoms. The van der Waals surface area contributed by atoms with Crippen LogP contribution < -0.4 is 10.5 Å². The number of ether oxygens (including phenoxy) is 1. The van der Waals surface area contributed by atoms with E-state index >= 15 is 0 Å². The maximum Gasteiger partial charge on any atom is 0.173 e. The lowest BCUT2D eigenvalue weighted by molar-refractivity contribution is 0.192. The number of amidine groups is 1. The Bertz CT molecular complexity index is 433. The molecule has 0 aromatic heterocycles. The lowest BCUT2D eigenvalue weighted by Crippen LogP contribution is -2.19. The van der Waals surface area contributed by atoms with Gasteiger partial charge in [-0.25, -0.2) is 0 Å². The van der Waals surface area contributed by atoms with E-state index in [0.29, 0.717) is 17.2 Å². The quantitative estimate of drug-likeness (QED) is 0.379. The SMILES string of the molecule is CC(C)CC(C)Oc1cc(Br)ccc1/C(N)=N/O. The van der Waals surface area contributed by atoms with Crippen LogP contribution >= 0.6 is 15.9 Å². The molecule has 0 radical (unpaired) electrons. The van der Waals surface area contributed by atoms with Gasteiger partial charge in [-0.15, -0.1) is 0 Å². The van der Waals surface area contributed by atoms with Gasteiger partial charge in [-0.3, -0.25) is 0 Å². The zero-order chi connectivity index (χ0) is 13.7. The van der Waals surface area contributed by atoms with Crippen LogP contribution in [0, 0.1) is 5.92 Å². The summed E-state index contributed by atoms with van der Waals surface area (Å²) in [5, 5.41) is 11.8. The van der Waals surface area contributed by atoms with Crippen molar-refractivity contribution in [3.63, 3.8) is 0 Å². The zero-order valence-corrected chi connectivity index (χ0v) is 12.4. The molecule has 100 valence electrons. The molecule has 1 rings (SSSR count). The van der Waals surface area contributed by atoms with E-state index in [2.05, 4.69) is 34.9 Å². The van der Waals surface area contributed by atoms with Gasteiger partial charge in [0.2, 0.25) is 0 Å². The lowest BCUT2D eigenvalue weighted by Gasteiger charge is -2.18. The van der Waals surface area contributed by atoms with E-state index in [9.17, 15) is 0 Å². The first-order valence-corrected chi connectivity index (χ1v) is 6.67. The fourth-order valence-electron chi connectivity index (χ4n) is 1.79. The molecule has 0 bridgehead atoms. The number of halogens is 1. The van der Waals surface area contributed by atoms with Crippen molar-refractivity contribution >= 4 is 21.8 Å². The van der Waals surface area contributed by atoms with E-state index < -0.39 is 0 Å². The summed E-state index contributed by atoms with van der Waals surface area (Å²) in [7, 11) is 0. The van der Waals surface area contributed by atoms with Crippen molar-refractivity contribution in [3.8, 4) is 5.75 Å². The second-order valence-electron chi connectivity index (χ2n) is 4.68. The molecule has 4 nitrogen and oxygen atoms in total. The normalized spacial score (nSPS) is 13.7. The molecule has 0 aliphatic heterocycles. The monoisotopic (exact) mass is 314 g/mol. The van der Waals surface area contributed by atoms with E-state index in [4.69, 9.17) is 15.7 Å². The summed E-state index contributed by atoms with van der Waals surface area (Å²) in [6.45, 7) is 6.30. The summed E-state index contributed by atoms with van der Waals surface area (Å²) in [5.74, 6) is 1.22. The fraction of sp³-hybridized carbons (Fsp3) is 0.462. The van der Waals surface area contributed by atoms with Gasteiger partial charge >= 0.3 is 0 Å². The molecule has 1 aromatic rings. The zero-order valence-electron chi connectivity index (χ0n) is 10.9. The molecule has 3 N–H and O–H groups in total. The Morgan fingerprint density at radius 2 is 2.11 bits per heavy atom. The van der Waals surface area contributed by atoms with Gasteiger partial charge in [0.15, 0.2) is 5.84 Å². The summed E-state index contributed by atoms with van der Waals surface area (Å²) in [4.78, 5) is 0. The first-order valence-electron chi connectivity index (χ1n) is 5.88. The number of nitrogens with zero attached hydrogens (tertiary/aromatic N) is 1. The van der Waals surface area contributed by atoms with Crippen molar-refractivity contribution in [2.24, 2.45) is 16.8 Å². The number of hydrogen-bond acceptors (Lipinski definition) is 3. The highest BCUT2D eigenvalue weighted by Crippen LogP contribution is 2.25. The maximum absolute atomic E-state index is 8.76. The molecule has 0 saturated heterocycles. The van der Waals surface area contributed by atoms with Crippen molar-refractivity contribution in [2.75, 3.05) is 0 Å². The summed E-state index contributed by atoms with van der Waals surface area (Å²) in [6.07, 6.45) is 1.02. The highest BCUT2D eigenvalue weighted by atomic mass is 79.9. The topological polar surface area (TPSA) is 67.8 Å². The van der Waals surface area contributed by atoms with Gasteiger partial charge in [0.05, 0.1) is 11.7 Å². The maximum atomic E-state index is 8.76. The first kappa shape index (κ1) is 14.8. The number of oxime groups is 1. The third kappa shape index (κ3) is 4.22. The molecular weight excluding hydrogens is 296 g/mol. The second-order valence-corrected chi connectivity index (χ2v) is 5.60. The van der Waals surface area contributed by atoms with Gasteiger partial charge in [-0.1, -0.05) is 34.9 Å². The number of nitrogens with two attached hydrogens (primary N) is 1. The van der Waals surface area contributed by atoms with Gasteiger partial charge < -0.3 is 15.7 Å². The Kier molecular flexibility index (Phi) is 5.47. The Labute approximate surface area is 116 Å². The average molecular weight is 315 g/mol. The summed E-state index contributed by atoms with van der Waals surface area (Å²) in [6, 6.07) is 5.41. The molecule has 1 unspecified atom stereocenters. The fourth-order valence-corrected chi connectivity index (χ4v) is 2.13. The van der Waals surface area contributed by atoms with Crippen LogP contribution in [0.2, 0.25) is 0 Å². The van der Waals surface area contributed by atoms with Gasteiger partial charge in [-0.2, -0.15) is 0 Å². The van der Waals surface area contributed by atoms with Crippen molar-refractivity contribution in [3.05, 3.63) is 28.2 Å². The lowest BCUT2D eigenvalue weighted by atomic mass is 10.1. The predicted molar refractivity (Wildman–Crippen MR) is 76.2 cm³/mol. The summed E-state index contributed by atoms with van der Waals surface area (Å²) >= 11 is 3.38. The minimum atomic E-state index is 0.0502. The Balaban J connectivity index is 2.95. The van der Waals surface area contributed by atoms with Crippen molar-refractivity contribution in [1.29, 1.82) is 0 Å². The second kappa shape index (κ2) is 6.64. The number of benzene rings is 1. The third-order valence-corrected chi connectivity index (χ3v) is 2.95. The van der Waals surface area contributed by atoms with Crippen molar-refractivity contribution in [2.45, 2.75) is 33.3 Å². The molecule has 1 aromatic carbocycles. The van der Waals surface area contributed by atoms with Crippen molar-refractivity contribution in [1.82, 2.24) is 0 Å². The van der Waals surface area contributed by atoms with Crippen LogP contribution in [0.4, 0.5) is 0 Å². The molecule has 0 amide bonds. The Hall–Kier alpha value is -1.23. The van der Waals surface area contributed by atoms with Crippen LogP contribution in [0.5, 0.6) is 5.75 Å². The number of rotatable bonds is 5. The highest BCUT2D eigenvalue weighted by molar-refractivity contribution is 9.10. The minimum absolute atomic E-state index is 0.0502. The molecule has 0 aliphatic rings. The van der Waals surface area contributed by atoms with Crippen LogP contribution in [0.1, 0.15) is 32.8 Å². The van der Waals surface area contributed by atoms with Gasteiger partial charge in [0, 0.05) is 4.47 Å². The Morgan fingerprint density at radius 3 is 2.67 bits per heavy atom. The van der Waals surface area contributed by atoms with E-state index in [1.54, 1.807) is 6.07 Å². The van der Waals surface area contributed by atoms with E-state index in [1.807, 2.05) is 19.1 Å². The van der Waals surface area contributed by atoms with Crippen LogP contribution in [-0.4, -0.2) is 17.1 Å². The van der Waals surface area contributed by atoms with Crippen LogP contribution in [0.25, 0.3) is 0 Å². The van der Waals surface area contributed by atoms with Crippen LogP contribution in [0.3, 0.4) is 0 Å². The van der Waals surface area contributed by atoms with Crippen molar-refractivity contribution < 1.29 is 9.94 Å². The summed E-state index contributed by atoms with van der Waals surface area (Å²) in [5.41, 5.74) is 6.22. The highest BCUT2D eigenvalue weighted by Gasteiger charge is 2.13. The van der Waals surface area contributed by atoms with E-state index in [-0.39, 0.29) is 11.9 Å². The standard InChI is InChI=1S/C13H19BrN2O2/c1-8(2)6-9(3)18-12-7-10(14)4-5-11(12)13(15)16-17/h4-5,7-9,17H,6H2,1-3H3,(H2,15,16). The predicted octanol–water partition coefficient (Wildman–Crippen LogP) is 3.36. The molecule has 0 aliphatic carbocycles. The van der Waals surface area contributed by atoms with Gasteiger partial charge in [0.1, 0.15) is 5.75 Å². The Morgan fingerprint density at radius 1 is 1.44 bits per heavy atom. The van der Waals surface area contributed by atoms with Crippen LogP contribution in [-0.2, 0) is 0 Å². The molecule has 1 atom stereocenters. The molecule has 0 spiro atoms. The molecule has 5 heteroatoms.